The molecule has 16 heavy (non-hydrogen) atoms. The second-order valence-corrected chi connectivity index (χ2v) is 4.49. The lowest BCUT2D eigenvalue weighted by Gasteiger charge is -2.21. The van der Waals surface area contributed by atoms with Crippen molar-refractivity contribution in [3.05, 3.63) is 11.6 Å². The van der Waals surface area contributed by atoms with Crippen molar-refractivity contribution in [2.24, 2.45) is 10.7 Å². The number of nitrogens with two attached hydrogens (primary N) is 1. The van der Waals surface area contributed by atoms with E-state index in [1.165, 1.54) is 18.4 Å². The largest absolute Gasteiger partial charge is 0.370 e. The van der Waals surface area contributed by atoms with Crippen LogP contribution in [0, 0.1) is 0 Å². The Morgan fingerprint density at radius 2 is 2.38 bits per heavy atom. The van der Waals surface area contributed by atoms with Crippen LogP contribution in [0.1, 0.15) is 19.3 Å². The molecule has 0 saturated heterocycles. The van der Waals surface area contributed by atoms with Gasteiger partial charge in [-0.2, -0.15) is 0 Å². The number of hydrogen-bond acceptors (Lipinski definition) is 2. The molecule has 0 bridgehead atoms. The lowest BCUT2D eigenvalue weighted by molar-refractivity contribution is 0.358. The van der Waals surface area contributed by atoms with Gasteiger partial charge in [-0.1, -0.05) is 11.6 Å². The first-order valence-electron chi connectivity index (χ1n) is 5.67. The topological polar surface area (TPSA) is 53.6 Å². The highest BCUT2D eigenvalue weighted by Crippen LogP contribution is 2.18. The smallest absolute Gasteiger partial charge is 0.189 e. The molecule has 92 valence electrons. The minimum absolute atomic E-state index is 0. The lowest BCUT2D eigenvalue weighted by Crippen LogP contribution is -2.33. The van der Waals surface area contributed by atoms with E-state index in [2.05, 4.69) is 28.3 Å². The van der Waals surface area contributed by atoms with Crippen molar-refractivity contribution in [2.45, 2.75) is 25.3 Å². The Balaban J connectivity index is 0.00000128. The first-order valence-corrected chi connectivity index (χ1v) is 5.67. The molecule has 5 heteroatoms. The van der Waals surface area contributed by atoms with Crippen LogP contribution in [0.25, 0.3) is 0 Å². The first-order chi connectivity index (χ1) is 7.24. The summed E-state index contributed by atoms with van der Waals surface area (Å²) in [5.74, 6) is 0.609. The van der Waals surface area contributed by atoms with Gasteiger partial charge in [-0.25, -0.2) is 4.99 Å². The maximum absolute atomic E-state index is 5.76. The molecule has 0 spiro atoms. The molecule has 0 aromatic heterocycles. The molecular formula is C11H21IN4. The van der Waals surface area contributed by atoms with E-state index in [0.29, 0.717) is 12.0 Å². The fourth-order valence-electron chi connectivity index (χ4n) is 1.63. The Kier molecular flexibility index (Phi) is 5.54. The molecule has 0 radical (unpaired) electrons. The van der Waals surface area contributed by atoms with Crippen LogP contribution in [0.4, 0.5) is 0 Å². The number of aliphatic imine (C=N–C) groups is 1. The van der Waals surface area contributed by atoms with Crippen molar-refractivity contribution in [3.8, 4) is 0 Å². The van der Waals surface area contributed by atoms with E-state index >= 15 is 0 Å². The molecule has 2 aliphatic rings. The second-order valence-electron chi connectivity index (χ2n) is 4.49. The van der Waals surface area contributed by atoms with Gasteiger partial charge in [-0.3, -0.25) is 0 Å². The second kappa shape index (κ2) is 6.44. The highest BCUT2D eigenvalue weighted by atomic mass is 127. The Bertz CT molecular complexity index is 284. The molecule has 0 amide bonds. The minimum atomic E-state index is 0. The zero-order chi connectivity index (χ0) is 10.7. The average Bonchev–Trinajstić information content (AvgIpc) is 3.01. The lowest BCUT2D eigenvalue weighted by atomic mass is 10.1. The van der Waals surface area contributed by atoms with Gasteiger partial charge in [0.25, 0.3) is 0 Å². The number of hydrogen-bond donors (Lipinski definition) is 2. The third kappa shape index (κ3) is 4.69. The predicted octanol–water partition coefficient (Wildman–Crippen LogP) is 0.933. The number of likely N-dealkylation sites (N-methyl/N-ethyl adjacent to an activating group) is 1. The van der Waals surface area contributed by atoms with Crippen LogP contribution in [-0.4, -0.2) is 43.6 Å². The normalized spacial score (nSPS) is 22.3. The maximum Gasteiger partial charge on any atom is 0.189 e. The molecule has 1 saturated carbocycles. The van der Waals surface area contributed by atoms with Crippen molar-refractivity contribution < 1.29 is 0 Å². The number of guanidine groups is 1. The van der Waals surface area contributed by atoms with Gasteiger partial charge < -0.3 is 16.0 Å². The summed E-state index contributed by atoms with van der Waals surface area (Å²) < 4.78 is 0. The van der Waals surface area contributed by atoms with Crippen molar-refractivity contribution in [1.82, 2.24) is 10.2 Å². The number of nitrogens with one attached hydrogen (secondary N) is 1. The van der Waals surface area contributed by atoms with Crippen LogP contribution in [0.3, 0.4) is 0 Å². The van der Waals surface area contributed by atoms with E-state index in [0.717, 1.165) is 26.1 Å². The Hall–Kier alpha value is -0.300. The summed E-state index contributed by atoms with van der Waals surface area (Å²) >= 11 is 0. The molecule has 2 rings (SSSR count). The predicted molar refractivity (Wildman–Crippen MR) is 78.3 cm³/mol. The van der Waals surface area contributed by atoms with Gasteiger partial charge >= 0.3 is 0 Å². The molecule has 0 unspecified atom stereocenters. The summed E-state index contributed by atoms with van der Waals surface area (Å²) in [5, 5.41) is 3.19. The van der Waals surface area contributed by atoms with Crippen LogP contribution in [-0.2, 0) is 0 Å². The SMILES string of the molecule is CN1CC=C(CN=C(N)NC2CC2)CC1.I. The summed E-state index contributed by atoms with van der Waals surface area (Å²) in [7, 11) is 2.14. The van der Waals surface area contributed by atoms with Gasteiger partial charge in [0.1, 0.15) is 0 Å². The Labute approximate surface area is 114 Å². The van der Waals surface area contributed by atoms with Crippen LogP contribution in [0.2, 0.25) is 0 Å². The van der Waals surface area contributed by atoms with E-state index in [9.17, 15) is 0 Å². The van der Waals surface area contributed by atoms with Gasteiger partial charge in [0.15, 0.2) is 5.96 Å². The summed E-state index contributed by atoms with van der Waals surface area (Å²) in [6.45, 7) is 2.94. The van der Waals surface area contributed by atoms with E-state index < -0.39 is 0 Å². The summed E-state index contributed by atoms with van der Waals surface area (Å²) in [5.41, 5.74) is 7.17. The summed E-state index contributed by atoms with van der Waals surface area (Å²) in [4.78, 5) is 6.65. The van der Waals surface area contributed by atoms with E-state index in [-0.39, 0.29) is 24.0 Å². The van der Waals surface area contributed by atoms with Gasteiger partial charge in [-0.15, -0.1) is 24.0 Å². The fourth-order valence-corrected chi connectivity index (χ4v) is 1.63. The molecule has 1 aliphatic heterocycles. The van der Waals surface area contributed by atoms with Crippen LogP contribution in [0.5, 0.6) is 0 Å². The number of nitrogens with zero attached hydrogens (tertiary/aromatic N) is 2. The standard InChI is InChI=1S/C11H20N4.HI/c1-15-6-4-9(5-7-15)8-13-11(12)14-10-2-3-10;/h4,10H,2-3,5-8H2,1H3,(H3,12,13,14);1H. The zero-order valence-corrected chi connectivity index (χ0v) is 12.1. The highest BCUT2D eigenvalue weighted by Gasteiger charge is 2.21. The minimum Gasteiger partial charge on any atom is -0.370 e. The van der Waals surface area contributed by atoms with Crippen molar-refractivity contribution in [1.29, 1.82) is 0 Å². The summed E-state index contributed by atoms with van der Waals surface area (Å²) in [6.07, 6.45) is 5.86. The maximum atomic E-state index is 5.76. The monoisotopic (exact) mass is 336 g/mol. The molecule has 0 aromatic carbocycles. The van der Waals surface area contributed by atoms with Crippen molar-refractivity contribution in [2.75, 3.05) is 26.7 Å². The fraction of sp³-hybridized carbons (Fsp3) is 0.727. The Morgan fingerprint density at radius 1 is 1.62 bits per heavy atom. The van der Waals surface area contributed by atoms with Gasteiger partial charge in [0.05, 0.1) is 6.54 Å². The van der Waals surface area contributed by atoms with Crippen LogP contribution >= 0.6 is 24.0 Å². The molecule has 0 aromatic rings. The van der Waals surface area contributed by atoms with Crippen LogP contribution in [0.15, 0.2) is 16.6 Å². The van der Waals surface area contributed by atoms with Crippen LogP contribution < -0.4 is 11.1 Å². The first kappa shape index (κ1) is 13.8. The zero-order valence-electron chi connectivity index (χ0n) is 9.78. The highest BCUT2D eigenvalue weighted by molar-refractivity contribution is 14.0. The third-order valence-electron chi connectivity index (χ3n) is 2.89. The van der Waals surface area contributed by atoms with Gasteiger partial charge in [0, 0.05) is 19.1 Å². The Morgan fingerprint density at radius 3 is 2.94 bits per heavy atom. The van der Waals surface area contributed by atoms with E-state index in [1.54, 1.807) is 0 Å². The molecule has 1 fully saturated rings. The summed E-state index contributed by atoms with van der Waals surface area (Å²) in [6, 6.07) is 0.597. The molecule has 1 heterocycles. The third-order valence-corrected chi connectivity index (χ3v) is 2.89. The van der Waals surface area contributed by atoms with E-state index in [1.807, 2.05) is 0 Å². The average molecular weight is 336 g/mol. The van der Waals surface area contributed by atoms with Crippen molar-refractivity contribution >= 4 is 29.9 Å². The molecule has 3 N–H and O–H groups in total. The van der Waals surface area contributed by atoms with Crippen molar-refractivity contribution in [3.63, 3.8) is 0 Å². The van der Waals surface area contributed by atoms with Gasteiger partial charge in [0.2, 0.25) is 0 Å². The van der Waals surface area contributed by atoms with Gasteiger partial charge in [-0.05, 0) is 26.3 Å². The molecule has 1 aliphatic carbocycles. The molecule has 0 atom stereocenters. The molecular weight excluding hydrogens is 315 g/mol. The quantitative estimate of drug-likeness (QED) is 0.349. The number of halogens is 1. The van der Waals surface area contributed by atoms with E-state index in [4.69, 9.17) is 5.73 Å². The number of rotatable bonds is 3. The molecule has 4 nitrogen and oxygen atoms in total.